The van der Waals surface area contributed by atoms with E-state index in [2.05, 4.69) is 30.6 Å². The highest BCUT2D eigenvalue weighted by molar-refractivity contribution is 5.89. The number of aryl methyl sites for hydroxylation is 1. The Labute approximate surface area is 231 Å². The lowest BCUT2D eigenvalue weighted by Gasteiger charge is -2.32. The number of rotatable bonds is 13. The Hall–Kier alpha value is -4.38. The molecule has 0 radical (unpaired) electrons. The first-order chi connectivity index (χ1) is 19.0. The smallest absolute Gasteiger partial charge is 0.247 e. The number of nitrogens with one attached hydrogen (secondary N) is 1. The largest absolute Gasteiger partial charge is 0.497 e. The third kappa shape index (κ3) is 7.35. The van der Waals surface area contributed by atoms with Crippen molar-refractivity contribution in [3.05, 3.63) is 127 Å². The third-order valence-corrected chi connectivity index (χ3v) is 6.94. The van der Waals surface area contributed by atoms with Crippen LogP contribution in [-0.2, 0) is 16.0 Å². The average molecular weight is 521 g/mol. The molecule has 0 aliphatic heterocycles. The minimum atomic E-state index is -0.722. The van der Waals surface area contributed by atoms with Gasteiger partial charge in [0.15, 0.2) is 0 Å². The minimum absolute atomic E-state index is 0.0221. The molecule has 1 aliphatic rings. The Morgan fingerprint density at radius 3 is 2.23 bits per heavy atom. The number of carbonyl (C=O) groups is 2. The fourth-order valence-electron chi connectivity index (χ4n) is 4.65. The molecular formula is C34H36N2O3. The van der Waals surface area contributed by atoms with Gasteiger partial charge in [0.25, 0.3) is 0 Å². The molecule has 0 saturated heterocycles. The van der Waals surface area contributed by atoms with Gasteiger partial charge in [-0.3, -0.25) is 9.59 Å². The van der Waals surface area contributed by atoms with E-state index in [1.807, 2.05) is 72.8 Å². The van der Waals surface area contributed by atoms with Crippen LogP contribution in [0.2, 0.25) is 0 Å². The van der Waals surface area contributed by atoms with Crippen LogP contribution in [0.4, 0.5) is 0 Å². The van der Waals surface area contributed by atoms with Gasteiger partial charge in [0.2, 0.25) is 11.8 Å². The number of nitrogens with zero attached hydrogens (tertiary/aromatic N) is 1. The second-order valence-electron chi connectivity index (χ2n) is 9.67. The van der Waals surface area contributed by atoms with Gasteiger partial charge >= 0.3 is 0 Å². The lowest BCUT2D eigenvalue weighted by Crippen LogP contribution is -2.45. The first-order valence-corrected chi connectivity index (χ1v) is 13.3. The van der Waals surface area contributed by atoms with Crippen molar-refractivity contribution in [2.75, 3.05) is 13.7 Å². The molecular weight excluding hydrogens is 484 g/mol. The summed E-state index contributed by atoms with van der Waals surface area (Å²) in [5, 5.41) is 3.03. The van der Waals surface area contributed by atoms with Crippen LogP contribution in [0.1, 0.15) is 36.4 Å². The molecule has 3 aromatic carbocycles. The van der Waals surface area contributed by atoms with Crippen LogP contribution >= 0.6 is 0 Å². The van der Waals surface area contributed by atoms with E-state index in [0.29, 0.717) is 19.4 Å². The molecule has 1 atom stereocenters. The van der Waals surface area contributed by atoms with Crippen molar-refractivity contribution in [1.82, 2.24) is 10.2 Å². The molecule has 200 valence electrons. The molecule has 1 fully saturated rings. The van der Waals surface area contributed by atoms with E-state index in [1.165, 1.54) is 0 Å². The van der Waals surface area contributed by atoms with Crippen molar-refractivity contribution in [2.24, 2.45) is 0 Å². The fraction of sp³-hybridized carbons (Fsp3) is 0.235. The number of carbonyl (C=O) groups excluding carboxylic acids is 2. The molecule has 1 saturated carbocycles. The van der Waals surface area contributed by atoms with Crippen LogP contribution in [0.25, 0.3) is 11.1 Å². The Balaban J connectivity index is 1.59. The highest BCUT2D eigenvalue weighted by Gasteiger charge is 2.41. The molecule has 0 heterocycles. The van der Waals surface area contributed by atoms with Crippen LogP contribution < -0.4 is 10.1 Å². The zero-order chi connectivity index (χ0) is 27.6. The van der Waals surface area contributed by atoms with E-state index in [-0.39, 0.29) is 17.9 Å². The number of hydrogen-bond donors (Lipinski definition) is 1. The van der Waals surface area contributed by atoms with E-state index >= 15 is 0 Å². The molecule has 39 heavy (non-hydrogen) atoms. The summed E-state index contributed by atoms with van der Waals surface area (Å²) in [4.78, 5) is 29.3. The minimum Gasteiger partial charge on any atom is -0.497 e. The van der Waals surface area contributed by atoms with Crippen molar-refractivity contribution in [3.63, 3.8) is 0 Å². The summed E-state index contributed by atoms with van der Waals surface area (Å²) in [5.41, 5.74) is 4.86. The van der Waals surface area contributed by atoms with Crippen LogP contribution in [0.5, 0.6) is 5.75 Å². The fourth-order valence-corrected chi connectivity index (χ4v) is 4.65. The predicted molar refractivity (Wildman–Crippen MR) is 157 cm³/mol. The number of benzene rings is 3. The summed E-state index contributed by atoms with van der Waals surface area (Å²) >= 11 is 0. The molecule has 2 amide bonds. The molecule has 1 aliphatic carbocycles. The van der Waals surface area contributed by atoms with Crippen molar-refractivity contribution < 1.29 is 14.3 Å². The zero-order valence-electron chi connectivity index (χ0n) is 22.5. The lowest BCUT2D eigenvalue weighted by molar-refractivity contribution is -0.141. The molecule has 1 N–H and O–H groups in total. The molecule has 5 heteroatoms. The monoisotopic (exact) mass is 520 g/mol. The summed E-state index contributed by atoms with van der Waals surface area (Å²) in [5.74, 6) is 0.555. The topological polar surface area (TPSA) is 58.6 Å². The summed E-state index contributed by atoms with van der Waals surface area (Å²) < 4.78 is 5.24. The molecule has 3 aromatic rings. The first-order valence-electron chi connectivity index (χ1n) is 13.3. The van der Waals surface area contributed by atoms with Gasteiger partial charge < -0.3 is 15.0 Å². The summed E-state index contributed by atoms with van der Waals surface area (Å²) in [6.07, 6.45) is 7.89. The van der Waals surface area contributed by atoms with Crippen LogP contribution in [0.3, 0.4) is 0 Å². The molecule has 0 bridgehead atoms. The normalized spacial score (nSPS) is 13.7. The second-order valence-corrected chi connectivity index (χ2v) is 9.67. The van der Waals surface area contributed by atoms with Gasteiger partial charge in [0, 0.05) is 19.0 Å². The van der Waals surface area contributed by atoms with E-state index in [4.69, 9.17) is 4.74 Å². The molecule has 0 spiro atoms. The number of amides is 2. The molecule has 5 nitrogen and oxygen atoms in total. The lowest BCUT2D eigenvalue weighted by atomic mass is 9.98. The maximum Gasteiger partial charge on any atom is 0.247 e. The van der Waals surface area contributed by atoms with Crippen LogP contribution in [0, 0.1) is 0 Å². The van der Waals surface area contributed by atoms with Gasteiger partial charge in [0.1, 0.15) is 11.8 Å². The highest BCUT2D eigenvalue weighted by atomic mass is 16.5. The zero-order valence-corrected chi connectivity index (χ0v) is 22.5. The quantitative estimate of drug-likeness (QED) is 0.264. The Morgan fingerprint density at radius 1 is 0.974 bits per heavy atom. The van der Waals surface area contributed by atoms with Crippen molar-refractivity contribution in [3.8, 4) is 16.9 Å². The second kappa shape index (κ2) is 13.4. The van der Waals surface area contributed by atoms with Crippen molar-refractivity contribution in [1.29, 1.82) is 0 Å². The highest BCUT2D eigenvalue weighted by Crippen LogP contribution is 2.36. The van der Waals surface area contributed by atoms with Crippen LogP contribution in [0.15, 0.2) is 116 Å². The number of hydrogen-bond acceptors (Lipinski definition) is 3. The Morgan fingerprint density at radius 2 is 1.64 bits per heavy atom. The van der Waals surface area contributed by atoms with Crippen molar-refractivity contribution >= 4 is 11.8 Å². The Bertz CT molecular complexity index is 1310. The van der Waals surface area contributed by atoms with Gasteiger partial charge in [0.05, 0.1) is 7.11 Å². The van der Waals surface area contributed by atoms with Gasteiger partial charge in [-0.2, -0.15) is 0 Å². The number of allylic oxidation sites excluding steroid dienone is 2. The molecule has 0 aromatic heterocycles. The van der Waals surface area contributed by atoms with E-state index in [0.717, 1.165) is 46.4 Å². The van der Waals surface area contributed by atoms with E-state index < -0.39 is 6.04 Å². The summed E-state index contributed by atoms with van der Waals surface area (Å²) in [6, 6.07) is 25.2. The standard InChI is InChI=1S/C34H36N2O3/c1-4-9-25(5-2)24-35-34(38)33(29-17-15-28(16-18-29)27-10-7-6-8-11-27)36(30-19-20-30)32(37)23-14-26-12-21-31(39-3)22-13-26/h4-13,15-18,21-22,30,33H,1-2,14,19-20,23-24H2,3H3,(H,35,38)/b25-9+. The van der Waals surface area contributed by atoms with Gasteiger partial charge in [-0.05, 0) is 59.2 Å². The average Bonchev–Trinajstić information content (AvgIpc) is 3.82. The molecule has 1 unspecified atom stereocenters. The summed E-state index contributed by atoms with van der Waals surface area (Å²) in [6.45, 7) is 7.87. The van der Waals surface area contributed by atoms with E-state index in [1.54, 1.807) is 24.2 Å². The Kier molecular flexibility index (Phi) is 9.52. The van der Waals surface area contributed by atoms with Gasteiger partial charge in [-0.15, -0.1) is 0 Å². The van der Waals surface area contributed by atoms with E-state index in [9.17, 15) is 9.59 Å². The third-order valence-electron chi connectivity index (χ3n) is 6.94. The SMILES string of the molecule is C=C/C=C(\C=C)CNC(=O)C(c1ccc(-c2ccccc2)cc1)N(C(=O)CCc1ccc(OC)cc1)C1CC1. The number of ether oxygens (including phenoxy) is 1. The molecule has 4 rings (SSSR count). The number of methoxy groups -OCH3 is 1. The van der Waals surface area contributed by atoms with Gasteiger partial charge in [-0.25, -0.2) is 0 Å². The van der Waals surface area contributed by atoms with Crippen molar-refractivity contribution in [2.45, 2.75) is 37.8 Å². The predicted octanol–water partition coefficient (Wildman–Crippen LogP) is 6.44. The van der Waals surface area contributed by atoms with Gasteiger partial charge in [-0.1, -0.05) is 98.1 Å². The maximum atomic E-state index is 13.7. The first kappa shape index (κ1) is 27.6. The maximum absolute atomic E-state index is 13.7. The van der Waals surface area contributed by atoms with Crippen LogP contribution in [-0.4, -0.2) is 36.4 Å². The summed E-state index contributed by atoms with van der Waals surface area (Å²) in [7, 11) is 1.63.